The average molecular weight is 248 g/mol. The van der Waals surface area contributed by atoms with Gasteiger partial charge in [0, 0.05) is 12.0 Å². The van der Waals surface area contributed by atoms with Crippen LogP contribution < -0.4 is 0 Å². The van der Waals surface area contributed by atoms with Crippen molar-refractivity contribution in [2.45, 2.75) is 26.2 Å². The molecule has 4 nitrogen and oxygen atoms in total. The molecule has 2 N–H and O–H groups in total. The van der Waals surface area contributed by atoms with E-state index in [1.165, 1.54) is 0 Å². The van der Waals surface area contributed by atoms with Gasteiger partial charge in [-0.1, -0.05) is 37.3 Å². The van der Waals surface area contributed by atoms with Gasteiger partial charge in [0.2, 0.25) is 5.76 Å². The molecule has 0 aliphatic heterocycles. The molecule has 0 heterocycles. The van der Waals surface area contributed by atoms with Gasteiger partial charge in [-0.3, -0.25) is 4.79 Å². The number of hydrogen-bond acceptors (Lipinski definition) is 3. The van der Waals surface area contributed by atoms with Crippen molar-refractivity contribution in [1.29, 1.82) is 0 Å². The molecule has 0 amide bonds. The van der Waals surface area contributed by atoms with Crippen LogP contribution in [-0.4, -0.2) is 22.0 Å². The Morgan fingerprint density at radius 2 is 1.72 bits per heavy atom. The van der Waals surface area contributed by atoms with E-state index < -0.39 is 11.7 Å². The summed E-state index contributed by atoms with van der Waals surface area (Å²) in [6.07, 6.45) is 0.951. The first-order valence-corrected chi connectivity index (χ1v) is 5.78. The van der Waals surface area contributed by atoms with E-state index in [9.17, 15) is 14.7 Å². The van der Waals surface area contributed by atoms with Crippen molar-refractivity contribution in [2.75, 3.05) is 0 Å². The summed E-state index contributed by atoms with van der Waals surface area (Å²) in [7, 11) is 0. The number of aryl methyl sites for hydroxylation is 1. The number of aliphatic carboxylic acids is 1. The zero-order valence-corrected chi connectivity index (χ0v) is 10.2. The lowest BCUT2D eigenvalue weighted by Crippen LogP contribution is -2.12. The molecule has 0 aliphatic carbocycles. The fourth-order valence-corrected chi connectivity index (χ4v) is 1.68. The van der Waals surface area contributed by atoms with Crippen LogP contribution in [0.15, 0.2) is 41.7 Å². The second-order valence-corrected chi connectivity index (χ2v) is 3.89. The highest BCUT2D eigenvalue weighted by Crippen LogP contribution is 2.13. The van der Waals surface area contributed by atoms with Gasteiger partial charge in [-0.15, -0.1) is 0 Å². The molecule has 0 atom stereocenters. The van der Waals surface area contributed by atoms with Crippen molar-refractivity contribution in [3.63, 3.8) is 0 Å². The fraction of sp³-hybridized carbons (Fsp3) is 0.286. The zero-order valence-electron chi connectivity index (χ0n) is 10.2. The molecule has 0 aromatic heterocycles. The minimum absolute atomic E-state index is 0.0153. The minimum atomic E-state index is -1.46. The van der Waals surface area contributed by atoms with Crippen LogP contribution in [0.5, 0.6) is 0 Å². The van der Waals surface area contributed by atoms with Gasteiger partial charge in [0.25, 0.3) is 0 Å². The number of Topliss-reactive ketones (excluding diaryl/α,β-unsaturated/α-hetero) is 1. The van der Waals surface area contributed by atoms with E-state index in [-0.39, 0.29) is 24.2 Å². The van der Waals surface area contributed by atoms with Crippen molar-refractivity contribution in [1.82, 2.24) is 0 Å². The molecule has 0 radical (unpaired) electrons. The second-order valence-electron chi connectivity index (χ2n) is 3.89. The van der Waals surface area contributed by atoms with E-state index in [0.29, 0.717) is 6.42 Å². The van der Waals surface area contributed by atoms with Crippen LogP contribution in [-0.2, 0) is 16.0 Å². The fourth-order valence-electron chi connectivity index (χ4n) is 1.68. The van der Waals surface area contributed by atoms with Crippen LogP contribution >= 0.6 is 0 Å². The number of carbonyl (C=O) groups excluding carboxylic acids is 1. The van der Waals surface area contributed by atoms with Crippen LogP contribution in [0.1, 0.15) is 25.3 Å². The van der Waals surface area contributed by atoms with Crippen molar-refractivity contribution in [2.24, 2.45) is 0 Å². The number of hydrogen-bond donors (Lipinski definition) is 2. The molecule has 96 valence electrons. The SMILES string of the molecule is CC/C(C(=O)CCc1ccccc1)=C(/O)C(=O)O. The summed E-state index contributed by atoms with van der Waals surface area (Å²) in [6, 6.07) is 9.45. The second kappa shape index (κ2) is 6.59. The molecule has 18 heavy (non-hydrogen) atoms. The van der Waals surface area contributed by atoms with Crippen LogP contribution in [0.2, 0.25) is 0 Å². The predicted molar refractivity (Wildman–Crippen MR) is 67.4 cm³/mol. The summed E-state index contributed by atoms with van der Waals surface area (Å²) in [5.74, 6) is -2.61. The third kappa shape index (κ3) is 3.73. The molecule has 0 spiro atoms. The lowest BCUT2D eigenvalue weighted by molar-refractivity contribution is -0.136. The normalized spacial score (nSPS) is 11.8. The Hall–Kier alpha value is -2.10. The van der Waals surface area contributed by atoms with Gasteiger partial charge >= 0.3 is 5.97 Å². The lowest BCUT2D eigenvalue weighted by Gasteiger charge is -2.05. The summed E-state index contributed by atoms with van der Waals surface area (Å²) in [5, 5.41) is 18.0. The van der Waals surface area contributed by atoms with Crippen LogP contribution in [0.25, 0.3) is 0 Å². The maximum Gasteiger partial charge on any atom is 0.371 e. The maximum atomic E-state index is 11.8. The van der Waals surface area contributed by atoms with Gasteiger partial charge in [0.05, 0.1) is 0 Å². The number of carbonyl (C=O) groups is 2. The monoisotopic (exact) mass is 248 g/mol. The molecule has 0 saturated carbocycles. The molecule has 1 aromatic carbocycles. The van der Waals surface area contributed by atoms with Gasteiger partial charge in [0.15, 0.2) is 5.78 Å². The zero-order chi connectivity index (χ0) is 13.5. The molecular weight excluding hydrogens is 232 g/mol. The molecule has 4 heteroatoms. The van der Waals surface area contributed by atoms with Gasteiger partial charge in [-0.2, -0.15) is 0 Å². The predicted octanol–water partition coefficient (Wildman–Crippen LogP) is 2.50. The number of carboxylic acids is 1. The highest BCUT2D eigenvalue weighted by Gasteiger charge is 2.17. The van der Waals surface area contributed by atoms with E-state index in [2.05, 4.69) is 0 Å². The number of carboxylic acid groups (broad SMARTS) is 1. The number of allylic oxidation sites excluding steroid dienone is 1. The number of benzene rings is 1. The number of aliphatic hydroxyl groups excluding tert-OH is 1. The molecule has 0 bridgehead atoms. The van der Waals surface area contributed by atoms with Crippen LogP contribution in [0, 0.1) is 0 Å². The summed E-state index contributed by atoms with van der Waals surface area (Å²) in [4.78, 5) is 22.4. The van der Waals surface area contributed by atoms with E-state index in [1.807, 2.05) is 30.3 Å². The van der Waals surface area contributed by atoms with Crippen molar-refractivity contribution >= 4 is 11.8 Å². The first-order chi connectivity index (χ1) is 8.56. The summed E-state index contributed by atoms with van der Waals surface area (Å²) >= 11 is 0. The van der Waals surface area contributed by atoms with Crippen LogP contribution in [0.3, 0.4) is 0 Å². The van der Waals surface area contributed by atoms with Gasteiger partial charge in [-0.25, -0.2) is 4.79 Å². The lowest BCUT2D eigenvalue weighted by atomic mass is 10.0. The summed E-state index contributed by atoms with van der Waals surface area (Å²) in [5.41, 5.74) is 0.995. The van der Waals surface area contributed by atoms with Crippen molar-refractivity contribution in [3.05, 3.63) is 47.2 Å². The van der Waals surface area contributed by atoms with Gasteiger partial charge in [0.1, 0.15) is 0 Å². The third-order valence-corrected chi connectivity index (χ3v) is 2.66. The topological polar surface area (TPSA) is 74.6 Å². The Bertz CT molecular complexity index is 460. The molecule has 1 aromatic rings. The Balaban J connectivity index is 2.70. The van der Waals surface area contributed by atoms with E-state index in [1.54, 1.807) is 6.92 Å². The molecule has 0 fully saturated rings. The first kappa shape index (κ1) is 14.0. The van der Waals surface area contributed by atoms with Crippen LogP contribution in [0.4, 0.5) is 0 Å². The molecule has 0 aliphatic rings. The maximum absolute atomic E-state index is 11.8. The van der Waals surface area contributed by atoms with Gasteiger partial charge in [-0.05, 0) is 18.4 Å². The quantitative estimate of drug-likeness (QED) is 0.599. The Kier molecular flexibility index (Phi) is 5.11. The molecule has 0 saturated heterocycles. The Labute approximate surface area is 106 Å². The smallest absolute Gasteiger partial charge is 0.371 e. The van der Waals surface area contributed by atoms with Gasteiger partial charge < -0.3 is 10.2 Å². The summed E-state index contributed by atoms with van der Waals surface area (Å²) < 4.78 is 0. The molecule has 1 rings (SSSR count). The number of rotatable bonds is 6. The minimum Gasteiger partial charge on any atom is -0.502 e. The third-order valence-electron chi connectivity index (χ3n) is 2.66. The largest absolute Gasteiger partial charge is 0.502 e. The van der Waals surface area contributed by atoms with Crippen molar-refractivity contribution < 1.29 is 19.8 Å². The Morgan fingerprint density at radius 3 is 2.22 bits per heavy atom. The van der Waals surface area contributed by atoms with E-state index in [0.717, 1.165) is 5.56 Å². The standard InChI is InChI=1S/C14H16O4/c1-2-11(13(16)14(17)18)12(15)9-8-10-6-4-3-5-7-10/h3-7,16H,2,8-9H2,1H3,(H,17,18)/b13-11-. The van der Waals surface area contributed by atoms with E-state index >= 15 is 0 Å². The molecule has 0 unspecified atom stereocenters. The molecular formula is C14H16O4. The Morgan fingerprint density at radius 1 is 1.11 bits per heavy atom. The highest BCUT2D eigenvalue weighted by molar-refractivity contribution is 6.02. The summed E-state index contributed by atoms with van der Waals surface area (Å²) in [6.45, 7) is 1.65. The first-order valence-electron chi connectivity index (χ1n) is 5.78. The average Bonchev–Trinajstić information content (AvgIpc) is 2.38. The van der Waals surface area contributed by atoms with E-state index in [4.69, 9.17) is 5.11 Å². The number of aliphatic hydroxyl groups is 1. The highest BCUT2D eigenvalue weighted by atomic mass is 16.4. The number of ketones is 1. The van der Waals surface area contributed by atoms with Crippen molar-refractivity contribution in [3.8, 4) is 0 Å².